The molecular weight excluding hydrogens is 196 g/mol. The van der Waals surface area contributed by atoms with E-state index in [0.717, 1.165) is 24.2 Å². The van der Waals surface area contributed by atoms with E-state index in [0.29, 0.717) is 5.41 Å². The Kier molecular flexibility index (Phi) is 2.41. The first-order chi connectivity index (χ1) is 7.44. The van der Waals surface area contributed by atoms with Gasteiger partial charge in [-0.15, -0.1) is 0 Å². The molecule has 0 aliphatic heterocycles. The molecule has 4 saturated carbocycles. The zero-order valence-electron chi connectivity index (χ0n) is 10.8. The summed E-state index contributed by atoms with van der Waals surface area (Å²) in [4.78, 5) is 0. The van der Waals surface area contributed by atoms with Crippen molar-refractivity contribution in [2.75, 3.05) is 0 Å². The summed E-state index contributed by atoms with van der Waals surface area (Å²) in [7, 11) is 0. The fraction of sp³-hybridized carbons (Fsp3) is 1.00. The molecule has 0 radical (unpaired) electrons. The fourth-order valence-electron chi connectivity index (χ4n) is 5.17. The Morgan fingerprint density at radius 1 is 1.00 bits per heavy atom. The quantitative estimate of drug-likeness (QED) is 0.771. The maximum atomic E-state index is 9.92. The lowest BCUT2D eigenvalue weighted by molar-refractivity contribution is -0.0687. The van der Waals surface area contributed by atoms with Gasteiger partial charge in [-0.1, -0.05) is 0 Å². The van der Waals surface area contributed by atoms with E-state index in [2.05, 4.69) is 0 Å². The summed E-state index contributed by atoms with van der Waals surface area (Å²) in [6.07, 6.45) is 11.3. The highest BCUT2D eigenvalue weighted by molar-refractivity contribution is 5.01. The Bertz CT molecular complexity index is 238. The number of aliphatic hydroxyl groups is 1. The zero-order chi connectivity index (χ0) is 11.4. The molecule has 4 fully saturated rings. The standard InChI is InChI=1S/C15H26O/c1-14(2,16)3-4-15-8-11-5-12(9-15)7-13(6-11)10-15/h11-13,16H,3-10H2,1-2H3. The van der Waals surface area contributed by atoms with Crippen LogP contribution in [0.15, 0.2) is 0 Å². The molecule has 92 valence electrons. The lowest BCUT2D eigenvalue weighted by Crippen LogP contribution is -2.46. The van der Waals surface area contributed by atoms with Gasteiger partial charge in [-0.2, -0.15) is 0 Å². The maximum absolute atomic E-state index is 9.92. The van der Waals surface area contributed by atoms with Crippen molar-refractivity contribution in [2.45, 2.75) is 70.8 Å². The first kappa shape index (κ1) is 11.1. The Balaban J connectivity index is 1.69. The van der Waals surface area contributed by atoms with Crippen LogP contribution in [0, 0.1) is 23.2 Å². The number of rotatable bonds is 3. The van der Waals surface area contributed by atoms with Gasteiger partial charge in [-0.3, -0.25) is 0 Å². The van der Waals surface area contributed by atoms with Crippen LogP contribution >= 0.6 is 0 Å². The molecule has 4 rings (SSSR count). The van der Waals surface area contributed by atoms with E-state index >= 15 is 0 Å². The van der Waals surface area contributed by atoms with Gasteiger partial charge in [0.05, 0.1) is 5.60 Å². The molecule has 4 aliphatic carbocycles. The molecule has 0 aromatic rings. The second kappa shape index (κ2) is 3.48. The smallest absolute Gasteiger partial charge is 0.0592 e. The van der Waals surface area contributed by atoms with E-state index < -0.39 is 5.60 Å². The van der Waals surface area contributed by atoms with Crippen molar-refractivity contribution in [1.82, 2.24) is 0 Å². The Labute approximate surface area is 99.6 Å². The summed E-state index contributed by atoms with van der Waals surface area (Å²) in [6, 6.07) is 0. The molecule has 0 aromatic carbocycles. The Morgan fingerprint density at radius 2 is 1.44 bits per heavy atom. The molecule has 4 bridgehead atoms. The van der Waals surface area contributed by atoms with Crippen molar-refractivity contribution in [3.8, 4) is 0 Å². The second-order valence-electron chi connectivity index (χ2n) is 7.73. The van der Waals surface area contributed by atoms with E-state index in [1.54, 1.807) is 0 Å². The second-order valence-corrected chi connectivity index (χ2v) is 7.73. The Morgan fingerprint density at radius 3 is 1.81 bits per heavy atom. The molecule has 1 heteroatoms. The molecule has 1 nitrogen and oxygen atoms in total. The highest BCUT2D eigenvalue weighted by Crippen LogP contribution is 2.61. The average molecular weight is 222 g/mol. The van der Waals surface area contributed by atoms with Gasteiger partial charge < -0.3 is 5.11 Å². The molecule has 1 N–H and O–H groups in total. The van der Waals surface area contributed by atoms with Crippen LogP contribution in [0.5, 0.6) is 0 Å². The van der Waals surface area contributed by atoms with Crippen LogP contribution in [0.3, 0.4) is 0 Å². The maximum Gasteiger partial charge on any atom is 0.0592 e. The van der Waals surface area contributed by atoms with E-state index in [9.17, 15) is 5.11 Å². The normalized spacial score (nSPS) is 46.3. The van der Waals surface area contributed by atoms with Gasteiger partial charge in [0.15, 0.2) is 0 Å². The third-order valence-electron chi connectivity index (χ3n) is 5.43. The fourth-order valence-corrected chi connectivity index (χ4v) is 5.17. The molecule has 0 heterocycles. The summed E-state index contributed by atoms with van der Waals surface area (Å²) >= 11 is 0. The van der Waals surface area contributed by atoms with E-state index in [1.165, 1.54) is 44.9 Å². The van der Waals surface area contributed by atoms with Gasteiger partial charge in [0.25, 0.3) is 0 Å². The van der Waals surface area contributed by atoms with Crippen molar-refractivity contribution in [3.63, 3.8) is 0 Å². The van der Waals surface area contributed by atoms with Crippen LogP contribution in [0.1, 0.15) is 65.2 Å². The van der Waals surface area contributed by atoms with Crippen molar-refractivity contribution < 1.29 is 5.11 Å². The SMILES string of the molecule is CC(C)(O)CCC12CC3CC(CC(C3)C1)C2. The van der Waals surface area contributed by atoms with Gasteiger partial charge in [-0.05, 0) is 88.4 Å². The van der Waals surface area contributed by atoms with Crippen LogP contribution in [-0.4, -0.2) is 10.7 Å². The molecule has 0 unspecified atom stereocenters. The van der Waals surface area contributed by atoms with Crippen molar-refractivity contribution in [2.24, 2.45) is 23.2 Å². The van der Waals surface area contributed by atoms with Gasteiger partial charge >= 0.3 is 0 Å². The van der Waals surface area contributed by atoms with Crippen molar-refractivity contribution in [1.29, 1.82) is 0 Å². The molecule has 16 heavy (non-hydrogen) atoms. The van der Waals surface area contributed by atoms with Crippen LogP contribution in [0.25, 0.3) is 0 Å². The van der Waals surface area contributed by atoms with E-state index in [1.807, 2.05) is 13.8 Å². The average Bonchev–Trinajstić information content (AvgIpc) is 2.11. The Hall–Kier alpha value is -0.0400. The summed E-state index contributed by atoms with van der Waals surface area (Å²) in [5.74, 6) is 3.15. The third kappa shape index (κ3) is 2.03. The van der Waals surface area contributed by atoms with Gasteiger partial charge in [-0.25, -0.2) is 0 Å². The predicted molar refractivity (Wildman–Crippen MR) is 66.1 cm³/mol. The first-order valence-corrected chi connectivity index (χ1v) is 7.17. The molecule has 0 aromatic heterocycles. The van der Waals surface area contributed by atoms with E-state index in [-0.39, 0.29) is 0 Å². The molecular formula is C15H26O. The van der Waals surface area contributed by atoms with Crippen LogP contribution in [0.4, 0.5) is 0 Å². The minimum absolute atomic E-state index is 0.455. The van der Waals surface area contributed by atoms with Crippen LogP contribution in [0.2, 0.25) is 0 Å². The first-order valence-electron chi connectivity index (χ1n) is 7.17. The van der Waals surface area contributed by atoms with Gasteiger partial charge in [0.2, 0.25) is 0 Å². The molecule has 0 atom stereocenters. The minimum atomic E-state index is -0.455. The van der Waals surface area contributed by atoms with Crippen LogP contribution < -0.4 is 0 Å². The third-order valence-corrected chi connectivity index (χ3v) is 5.43. The monoisotopic (exact) mass is 222 g/mol. The summed E-state index contributed by atoms with van der Waals surface area (Å²) in [5.41, 5.74) is 0.193. The zero-order valence-corrected chi connectivity index (χ0v) is 10.8. The molecule has 0 saturated heterocycles. The summed E-state index contributed by atoms with van der Waals surface area (Å²) in [5, 5.41) is 9.92. The highest BCUT2D eigenvalue weighted by atomic mass is 16.3. The number of hydrogen-bond donors (Lipinski definition) is 1. The number of hydrogen-bond acceptors (Lipinski definition) is 1. The molecule has 0 amide bonds. The van der Waals surface area contributed by atoms with Gasteiger partial charge in [0, 0.05) is 0 Å². The molecule has 4 aliphatic rings. The van der Waals surface area contributed by atoms with E-state index in [4.69, 9.17) is 0 Å². The predicted octanol–water partition coefficient (Wildman–Crippen LogP) is 3.75. The topological polar surface area (TPSA) is 20.2 Å². The summed E-state index contributed by atoms with van der Waals surface area (Å²) < 4.78 is 0. The lowest BCUT2D eigenvalue weighted by Gasteiger charge is -2.57. The summed E-state index contributed by atoms with van der Waals surface area (Å²) in [6.45, 7) is 3.93. The van der Waals surface area contributed by atoms with Gasteiger partial charge in [0.1, 0.15) is 0 Å². The lowest BCUT2D eigenvalue weighted by atomic mass is 9.48. The van der Waals surface area contributed by atoms with Crippen molar-refractivity contribution >= 4 is 0 Å². The minimum Gasteiger partial charge on any atom is -0.390 e. The molecule has 0 spiro atoms. The largest absolute Gasteiger partial charge is 0.390 e. The van der Waals surface area contributed by atoms with Crippen LogP contribution in [-0.2, 0) is 0 Å². The highest BCUT2D eigenvalue weighted by Gasteiger charge is 2.50. The van der Waals surface area contributed by atoms with Crippen molar-refractivity contribution in [3.05, 3.63) is 0 Å².